The van der Waals surface area contributed by atoms with Crippen LogP contribution in [-0.2, 0) is 4.74 Å². The fourth-order valence-electron chi connectivity index (χ4n) is 1.97. The third kappa shape index (κ3) is 3.59. The Kier molecular flexibility index (Phi) is 5.17. The number of ketones is 1. The topological polar surface area (TPSA) is 98.2 Å². The molecule has 23 heavy (non-hydrogen) atoms. The zero-order chi connectivity index (χ0) is 17.0. The lowest BCUT2D eigenvalue weighted by Gasteiger charge is -2.06. The Morgan fingerprint density at radius 3 is 2.61 bits per heavy atom. The number of esters is 1. The highest BCUT2D eigenvalue weighted by Crippen LogP contribution is 2.34. The molecule has 0 atom stereocenters. The van der Waals surface area contributed by atoms with E-state index in [-0.39, 0.29) is 28.6 Å². The van der Waals surface area contributed by atoms with Gasteiger partial charge in [0.1, 0.15) is 10.7 Å². The lowest BCUT2D eigenvalue weighted by atomic mass is 10.1. The van der Waals surface area contributed by atoms with Crippen LogP contribution in [0.1, 0.15) is 49.9 Å². The van der Waals surface area contributed by atoms with Gasteiger partial charge in [-0.2, -0.15) is 0 Å². The van der Waals surface area contributed by atoms with Crippen LogP contribution in [0.3, 0.4) is 0 Å². The van der Waals surface area contributed by atoms with Gasteiger partial charge in [0, 0.05) is 12.4 Å². The quantitative estimate of drug-likeness (QED) is 0.667. The van der Waals surface area contributed by atoms with E-state index >= 15 is 0 Å². The minimum Gasteiger partial charge on any atom is -0.462 e. The Morgan fingerprint density at radius 1 is 1.30 bits per heavy atom. The first-order valence-corrected chi connectivity index (χ1v) is 7.66. The molecule has 2 rings (SSSR count). The number of rotatable bonds is 5. The Hall–Kier alpha value is -2.61. The molecule has 7 nitrogen and oxygen atoms in total. The Balaban J connectivity index is 2.40. The lowest BCUT2D eigenvalue weighted by Crippen LogP contribution is -2.16. The summed E-state index contributed by atoms with van der Waals surface area (Å²) in [6.45, 7) is 4.93. The van der Waals surface area contributed by atoms with Crippen molar-refractivity contribution in [3.05, 3.63) is 40.3 Å². The maximum Gasteiger partial charge on any atom is 0.341 e. The summed E-state index contributed by atoms with van der Waals surface area (Å²) in [5.74, 6) is -1.28. The molecule has 120 valence electrons. The number of amides is 1. The summed E-state index contributed by atoms with van der Waals surface area (Å²) in [5.41, 5.74) is 0.799. The van der Waals surface area contributed by atoms with E-state index in [1.807, 2.05) is 0 Å². The van der Waals surface area contributed by atoms with Crippen molar-refractivity contribution in [2.24, 2.45) is 0 Å². The first kappa shape index (κ1) is 16.8. The molecule has 0 bridgehead atoms. The van der Waals surface area contributed by atoms with Gasteiger partial charge in [-0.1, -0.05) is 0 Å². The molecule has 2 heterocycles. The molecular formula is C15H15N3O4S. The predicted molar refractivity (Wildman–Crippen MR) is 85.0 cm³/mol. The number of hydrogen-bond acceptors (Lipinski definition) is 7. The van der Waals surface area contributed by atoms with Crippen LogP contribution in [0.4, 0.5) is 5.00 Å². The number of hydrogen-bond donors (Lipinski definition) is 1. The zero-order valence-corrected chi connectivity index (χ0v) is 13.7. The number of aromatic nitrogens is 2. The predicted octanol–water partition coefficient (Wildman–Crippen LogP) is 2.48. The number of nitrogens with one attached hydrogen (secondary N) is 1. The summed E-state index contributed by atoms with van der Waals surface area (Å²) in [6, 6.07) is 0. The highest BCUT2D eigenvalue weighted by molar-refractivity contribution is 7.18. The molecule has 2 aromatic heterocycles. The average Bonchev–Trinajstić information content (AvgIpc) is 2.85. The first-order chi connectivity index (χ1) is 11.0. The van der Waals surface area contributed by atoms with Crippen LogP contribution >= 0.6 is 11.3 Å². The molecule has 0 aromatic carbocycles. The number of thiophene rings is 1. The second kappa shape index (κ2) is 7.10. The van der Waals surface area contributed by atoms with Crippen molar-refractivity contribution in [3.8, 4) is 0 Å². The van der Waals surface area contributed by atoms with Crippen LogP contribution in [0, 0.1) is 6.92 Å². The van der Waals surface area contributed by atoms with Gasteiger partial charge in [-0.25, -0.2) is 9.78 Å². The van der Waals surface area contributed by atoms with Crippen molar-refractivity contribution in [1.29, 1.82) is 0 Å². The highest BCUT2D eigenvalue weighted by atomic mass is 32.1. The maximum absolute atomic E-state index is 12.2. The van der Waals surface area contributed by atoms with Crippen LogP contribution in [0.5, 0.6) is 0 Å². The third-order valence-electron chi connectivity index (χ3n) is 2.97. The summed E-state index contributed by atoms with van der Waals surface area (Å²) >= 11 is 1.04. The molecule has 8 heteroatoms. The van der Waals surface area contributed by atoms with Crippen molar-refractivity contribution in [2.75, 3.05) is 11.9 Å². The van der Waals surface area contributed by atoms with Crippen molar-refractivity contribution in [3.63, 3.8) is 0 Å². The van der Waals surface area contributed by atoms with Crippen LogP contribution in [-0.4, -0.2) is 34.2 Å². The van der Waals surface area contributed by atoms with E-state index in [0.717, 1.165) is 11.3 Å². The van der Waals surface area contributed by atoms with Gasteiger partial charge in [0.15, 0.2) is 5.78 Å². The van der Waals surface area contributed by atoms with E-state index in [1.165, 1.54) is 25.5 Å². The Labute approximate surface area is 136 Å². The molecular weight excluding hydrogens is 318 g/mol. The summed E-state index contributed by atoms with van der Waals surface area (Å²) in [6.07, 6.45) is 4.15. The molecule has 1 amide bonds. The van der Waals surface area contributed by atoms with Crippen LogP contribution in [0.2, 0.25) is 0 Å². The van der Waals surface area contributed by atoms with Gasteiger partial charge in [0.25, 0.3) is 5.91 Å². The van der Waals surface area contributed by atoms with Gasteiger partial charge in [0.2, 0.25) is 0 Å². The fraction of sp³-hybridized carbons (Fsp3) is 0.267. The van der Waals surface area contributed by atoms with Crippen LogP contribution < -0.4 is 5.32 Å². The van der Waals surface area contributed by atoms with E-state index < -0.39 is 11.9 Å². The third-order valence-corrected chi connectivity index (χ3v) is 4.28. The summed E-state index contributed by atoms with van der Waals surface area (Å²) in [5, 5.41) is 2.87. The fourth-order valence-corrected chi connectivity index (χ4v) is 3.06. The molecule has 0 aliphatic rings. The molecule has 1 N–H and O–H groups in total. The summed E-state index contributed by atoms with van der Waals surface area (Å²) in [7, 11) is 0. The highest BCUT2D eigenvalue weighted by Gasteiger charge is 2.25. The molecule has 2 aromatic rings. The number of ether oxygens (including phenoxy) is 1. The van der Waals surface area contributed by atoms with Gasteiger partial charge in [-0.15, -0.1) is 11.3 Å². The van der Waals surface area contributed by atoms with E-state index in [2.05, 4.69) is 15.3 Å². The average molecular weight is 333 g/mol. The van der Waals surface area contributed by atoms with E-state index in [0.29, 0.717) is 10.4 Å². The van der Waals surface area contributed by atoms with Gasteiger partial charge >= 0.3 is 5.97 Å². The summed E-state index contributed by atoms with van der Waals surface area (Å²) in [4.78, 5) is 44.1. The first-order valence-electron chi connectivity index (χ1n) is 6.84. The monoisotopic (exact) mass is 333 g/mol. The van der Waals surface area contributed by atoms with Crippen molar-refractivity contribution in [1.82, 2.24) is 9.97 Å². The van der Waals surface area contributed by atoms with Crippen molar-refractivity contribution in [2.45, 2.75) is 20.8 Å². The molecule has 0 spiro atoms. The molecule has 0 unspecified atom stereocenters. The van der Waals surface area contributed by atoms with Crippen LogP contribution in [0.25, 0.3) is 0 Å². The maximum atomic E-state index is 12.2. The normalized spacial score (nSPS) is 10.2. The largest absolute Gasteiger partial charge is 0.462 e. The van der Waals surface area contributed by atoms with E-state index in [9.17, 15) is 14.4 Å². The Morgan fingerprint density at radius 2 is 2.04 bits per heavy atom. The standard InChI is InChI=1S/C15H15N3O4S/c1-4-22-15(21)11-8(2)12(9(3)19)23-14(11)18-13(20)10-7-16-5-6-17-10/h5-7H,4H2,1-3H3,(H,18,20). The number of nitrogens with zero attached hydrogens (tertiary/aromatic N) is 2. The molecule has 0 saturated heterocycles. The smallest absolute Gasteiger partial charge is 0.341 e. The molecule has 0 fully saturated rings. The number of carbonyl (C=O) groups is 3. The van der Waals surface area contributed by atoms with E-state index in [4.69, 9.17) is 4.74 Å². The minimum absolute atomic E-state index is 0.109. The van der Waals surface area contributed by atoms with Crippen molar-refractivity contribution < 1.29 is 19.1 Å². The minimum atomic E-state index is -0.580. The van der Waals surface area contributed by atoms with Crippen LogP contribution in [0.15, 0.2) is 18.6 Å². The number of Topliss-reactive ketones (excluding diaryl/α,β-unsaturated/α-hetero) is 1. The second-order valence-corrected chi connectivity index (χ2v) is 5.60. The molecule has 0 aliphatic heterocycles. The van der Waals surface area contributed by atoms with Crippen molar-refractivity contribution >= 4 is 34.0 Å². The van der Waals surface area contributed by atoms with Gasteiger partial charge < -0.3 is 10.1 Å². The molecule has 0 radical (unpaired) electrons. The van der Waals surface area contributed by atoms with Gasteiger partial charge in [0.05, 0.1) is 23.2 Å². The number of anilines is 1. The van der Waals surface area contributed by atoms with E-state index in [1.54, 1.807) is 13.8 Å². The zero-order valence-electron chi connectivity index (χ0n) is 12.9. The molecule has 0 aliphatic carbocycles. The summed E-state index contributed by atoms with van der Waals surface area (Å²) < 4.78 is 5.01. The molecule has 0 saturated carbocycles. The second-order valence-electron chi connectivity index (χ2n) is 4.58. The SMILES string of the molecule is CCOC(=O)c1c(NC(=O)c2cnccn2)sc(C(C)=O)c1C. The lowest BCUT2D eigenvalue weighted by molar-refractivity contribution is 0.0527. The van der Waals surface area contributed by atoms with Gasteiger partial charge in [-0.05, 0) is 26.3 Å². The van der Waals surface area contributed by atoms with Gasteiger partial charge in [-0.3, -0.25) is 14.6 Å². The Bertz CT molecular complexity index is 756. The number of carbonyl (C=O) groups excluding carboxylic acids is 3.